The Morgan fingerprint density at radius 3 is 2.21 bits per heavy atom. The van der Waals surface area contributed by atoms with E-state index in [4.69, 9.17) is 14.2 Å². The van der Waals surface area contributed by atoms with Crippen molar-refractivity contribution in [1.82, 2.24) is 10.6 Å². The number of hydrogen-bond donors (Lipinski definition) is 2. The van der Waals surface area contributed by atoms with E-state index in [0.29, 0.717) is 31.6 Å². The molecule has 0 aliphatic carbocycles. The monoisotopic (exact) mass is 406 g/mol. The van der Waals surface area contributed by atoms with E-state index in [9.17, 15) is 14.4 Å². The number of benzene rings is 1. The molecular formula is C21H30N2O6. The van der Waals surface area contributed by atoms with Crippen LogP contribution in [0.25, 0.3) is 0 Å². The smallest absolute Gasteiger partial charge is 0.408 e. The first-order chi connectivity index (χ1) is 13.6. The lowest BCUT2D eigenvalue weighted by atomic mass is 9.88. The Kier molecular flexibility index (Phi) is 7.24. The van der Waals surface area contributed by atoms with Gasteiger partial charge in [0.2, 0.25) is 5.91 Å². The first-order valence-corrected chi connectivity index (χ1v) is 9.64. The predicted molar refractivity (Wildman–Crippen MR) is 106 cm³/mol. The molecule has 8 heteroatoms. The number of carbonyl (C=O) groups excluding carboxylic acids is 3. The molecule has 1 aliphatic rings. The van der Waals surface area contributed by atoms with E-state index in [1.165, 1.54) is 7.11 Å². The van der Waals surface area contributed by atoms with Crippen molar-refractivity contribution in [1.29, 1.82) is 0 Å². The van der Waals surface area contributed by atoms with Crippen LogP contribution in [0.1, 0.15) is 62.5 Å². The van der Waals surface area contributed by atoms with Crippen LogP contribution in [0, 0.1) is 0 Å². The summed E-state index contributed by atoms with van der Waals surface area (Å²) < 4.78 is 15.4. The molecule has 1 saturated heterocycles. The molecule has 0 radical (unpaired) electrons. The fourth-order valence-corrected chi connectivity index (χ4v) is 3.07. The minimum Gasteiger partial charge on any atom is -0.465 e. The van der Waals surface area contributed by atoms with Crippen LogP contribution in [0.15, 0.2) is 24.3 Å². The highest BCUT2D eigenvalue weighted by Gasteiger charge is 2.43. The lowest BCUT2D eigenvalue weighted by Crippen LogP contribution is -2.62. The number of hydrogen-bond acceptors (Lipinski definition) is 6. The molecule has 1 aromatic rings. The Morgan fingerprint density at radius 2 is 1.69 bits per heavy atom. The highest BCUT2D eigenvalue weighted by molar-refractivity contribution is 5.91. The number of carbonyl (C=O) groups is 3. The first kappa shape index (κ1) is 22.7. The highest BCUT2D eigenvalue weighted by atomic mass is 16.6. The second-order valence-electron chi connectivity index (χ2n) is 8.13. The molecule has 1 aliphatic heterocycles. The van der Waals surface area contributed by atoms with Crippen LogP contribution in [0.5, 0.6) is 0 Å². The number of rotatable bonds is 5. The number of amides is 2. The van der Waals surface area contributed by atoms with E-state index in [1.807, 2.05) is 6.92 Å². The van der Waals surface area contributed by atoms with Crippen LogP contribution < -0.4 is 10.6 Å². The van der Waals surface area contributed by atoms with E-state index in [2.05, 4.69) is 10.6 Å². The van der Waals surface area contributed by atoms with Gasteiger partial charge < -0.3 is 24.8 Å². The second kappa shape index (κ2) is 9.26. The lowest BCUT2D eigenvalue weighted by Gasteiger charge is -2.37. The summed E-state index contributed by atoms with van der Waals surface area (Å²) >= 11 is 0. The van der Waals surface area contributed by atoms with Crippen molar-refractivity contribution in [2.75, 3.05) is 20.3 Å². The van der Waals surface area contributed by atoms with Crippen molar-refractivity contribution in [3.8, 4) is 0 Å². The van der Waals surface area contributed by atoms with Crippen molar-refractivity contribution >= 4 is 18.0 Å². The minimum absolute atomic E-state index is 0.295. The average Bonchev–Trinajstić information content (AvgIpc) is 2.66. The van der Waals surface area contributed by atoms with Gasteiger partial charge >= 0.3 is 12.1 Å². The van der Waals surface area contributed by atoms with Gasteiger partial charge in [0.15, 0.2) is 0 Å². The SMILES string of the molecule is COC(=O)c1ccc(C(C)NC(=O)C2(NC(=O)OC(C)(C)C)CCOCC2)cc1. The highest BCUT2D eigenvalue weighted by Crippen LogP contribution is 2.24. The maximum Gasteiger partial charge on any atom is 0.408 e. The van der Waals surface area contributed by atoms with E-state index in [0.717, 1.165) is 5.56 Å². The molecule has 2 N–H and O–H groups in total. The molecule has 2 amide bonds. The van der Waals surface area contributed by atoms with Crippen LogP contribution in [0.4, 0.5) is 4.79 Å². The molecule has 0 aromatic heterocycles. The van der Waals surface area contributed by atoms with Gasteiger partial charge in [0.1, 0.15) is 11.1 Å². The number of esters is 1. The van der Waals surface area contributed by atoms with Gasteiger partial charge in [0.05, 0.1) is 18.7 Å². The van der Waals surface area contributed by atoms with Crippen molar-refractivity contribution in [2.24, 2.45) is 0 Å². The van der Waals surface area contributed by atoms with E-state index >= 15 is 0 Å². The van der Waals surface area contributed by atoms with Crippen molar-refractivity contribution in [2.45, 2.75) is 57.7 Å². The number of methoxy groups -OCH3 is 1. The number of nitrogens with one attached hydrogen (secondary N) is 2. The third kappa shape index (κ3) is 6.19. The van der Waals surface area contributed by atoms with Crippen molar-refractivity contribution in [3.63, 3.8) is 0 Å². The Hall–Kier alpha value is -2.61. The van der Waals surface area contributed by atoms with Gasteiger partial charge in [-0.15, -0.1) is 0 Å². The molecule has 1 fully saturated rings. The molecule has 2 rings (SSSR count). The zero-order valence-corrected chi connectivity index (χ0v) is 17.7. The van der Waals surface area contributed by atoms with Crippen molar-refractivity contribution < 1.29 is 28.6 Å². The molecule has 1 atom stereocenters. The molecule has 0 saturated carbocycles. The topological polar surface area (TPSA) is 103 Å². The summed E-state index contributed by atoms with van der Waals surface area (Å²) in [5, 5.41) is 5.72. The van der Waals surface area contributed by atoms with E-state index in [1.54, 1.807) is 45.0 Å². The Labute approximate surface area is 171 Å². The Balaban J connectivity index is 2.10. The van der Waals surface area contributed by atoms with Gasteiger partial charge in [-0.2, -0.15) is 0 Å². The maximum absolute atomic E-state index is 13.1. The summed E-state index contributed by atoms with van der Waals surface area (Å²) in [4.78, 5) is 37.0. The molecule has 160 valence electrons. The molecule has 1 unspecified atom stereocenters. The van der Waals surface area contributed by atoms with E-state index in [-0.39, 0.29) is 11.9 Å². The Morgan fingerprint density at radius 1 is 1.10 bits per heavy atom. The van der Waals surface area contributed by atoms with E-state index < -0.39 is 23.2 Å². The van der Waals surface area contributed by atoms with Crippen molar-refractivity contribution in [3.05, 3.63) is 35.4 Å². The zero-order valence-electron chi connectivity index (χ0n) is 17.7. The molecule has 0 spiro atoms. The van der Waals surface area contributed by atoms with Crippen LogP contribution in [-0.4, -0.2) is 49.4 Å². The van der Waals surface area contributed by atoms with Gasteiger partial charge in [0.25, 0.3) is 0 Å². The third-order valence-corrected chi connectivity index (χ3v) is 4.70. The predicted octanol–water partition coefficient (Wildman–Crippen LogP) is 2.72. The van der Waals surface area contributed by atoms with Crippen LogP contribution in [-0.2, 0) is 19.0 Å². The third-order valence-electron chi connectivity index (χ3n) is 4.70. The zero-order chi connectivity index (χ0) is 21.7. The van der Waals surface area contributed by atoms with Gasteiger partial charge in [-0.25, -0.2) is 9.59 Å². The molecule has 1 heterocycles. The Bertz CT molecular complexity index is 733. The van der Waals surface area contributed by atoms with Gasteiger partial charge in [-0.1, -0.05) is 12.1 Å². The quantitative estimate of drug-likeness (QED) is 0.729. The summed E-state index contributed by atoms with van der Waals surface area (Å²) in [5.41, 5.74) is -0.504. The van der Waals surface area contributed by atoms with Gasteiger partial charge in [-0.05, 0) is 45.4 Å². The van der Waals surface area contributed by atoms with Gasteiger partial charge in [-0.3, -0.25) is 4.79 Å². The minimum atomic E-state index is -1.10. The number of alkyl carbamates (subject to hydrolysis) is 1. The maximum atomic E-state index is 13.1. The van der Waals surface area contributed by atoms with Crippen LogP contribution >= 0.6 is 0 Å². The fourth-order valence-electron chi connectivity index (χ4n) is 3.07. The molecule has 29 heavy (non-hydrogen) atoms. The van der Waals surface area contributed by atoms with Crippen LogP contribution in [0.3, 0.4) is 0 Å². The summed E-state index contributed by atoms with van der Waals surface area (Å²) in [6.45, 7) is 7.87. The van der Waals surface area contributed by atoms with Crippen LogP contribution in [0.2, 0.25) is 0 Å². The normalized spacial score (nSPS) is 17.0. The average molecular weight is 406 g/mol. The lowest BCUT2D eigenvalue weighted by molar-refractivity contribution is -0.132. The largest absolute Gasteiger partial charge is 0.465 e. The summed E-state index contributed by atoms with van der Waals surface area (Å²) in [6, 6.07) is 6.49. The second-order valence-corrected chi connectivity index (χ2v) is 8.13. The van der Waals surface area contributed by atoms with Gasteiger partial charge in [0, 0.05) is 26.1 Å². The summed E-state index contributed by atoms with van der Waals surface area (Å²) in [5.74, 6) is -0.716. The summed E-state index contributed by atoms with van der Waals surface area (Å²) in [6.07, 6.45) is 0.0719. The molecule has 1 aromatic carbocycles. The number of ether oxygens (including phenoxy) is 3. The first-order valence-electron chi connectivity index (χ1n) is 9.64. The molecular weight excluding hydrogens is 376 g/mol. The molecule has 0 bridgehead atoms. The summed E-state index contributed by atoms with van der Waals surface area (Å²) in [7, 11) is 1.32. The standard InChI is InChI=1S/C21H30N2O6/c1-14(15-6-8-16(9-7-15)17(24)27-5)22-18(25)21(10-12-28-13-11-21)23-19(26)29-20(2,3)4/h6-9,14H,10-13H2,1-5H3,(H,22,25)(H,23,26). The fraction of sp³-hybridized carbons (Fsp3) is 0.571. The molecule has 8 nitrogen and oxygen atoms in total.